The highest BCUT2D eigenvalue weighted by atomic mass is 16.5. The molecule has 0 unspecified atom stereocenters. The Morgan fingerprint density at radius 1 is 1.44 bits per heavy atom. The molecule has 0 saturated heterocycles. The van der Waals surface area contributed by atoms with Gasteiger partial charge in [0.05, 0.1) is 6.61 Å². The molecular formula is C13H14O3. The summed E-state index contributed by atoms with van der Waals surface area (Å²) in [4.78, 5) is 11.8. The fourth-order valence-electron chi connectivity index (χ4n) is 1.77. The Kier molecular flexibility index (Phi) is 2.95. The number of fused-ring (bicyclic) bond motifs is 1. The number of hydrogen-bond donors (Lipinski definition) is 0. The van der Waals surface area contributed by atoms with E-state index in [-0.39, 0.29) is 5.97 Å². The predicted octanol–water partition coefficient (Wildman–Crippen LogP) is 3.19. The van der Waals surface area contributed by atoms with Crippen LogP contribution in [0.4, 0.5) is 0 Å². The number of rotatable bonds is 2. The van der Waals surface area contributed by atoms with Crippen LogP contribution in [0.1, 0.15) is 40.8 Å². The van der Waals surface area contributed by atoms with Crippen LogP contribution in [-0.4, -0.2) is 12.6 Å². The first kappa shape index (κ1) is 10.7. The van der Waals surface area contributed by atoms with Crippen molar-refractivity contribution in [1.29, 1.82) is 0 Å². The van der Waals surface area contributed by atoms with Gasteiger partial charge in [-0.25, -0.2) is 4.79 Å². The topological polar surface area (TPSA) is 39.4 Å². The minimum absolute atomic E-state index is 0.315. The Balaban J connectivity index is 2.49. The second-order valence-corrected chi connectivity index (χ2v) is 3.57. The minimum atomic E-state index is -0.315. The maximum absolute atomic E-state index is 11.8. The van der Waals surface area contributed by atoms with Crippen molar-refractivity contribution >= 4 is 18.1 Å². The van der Waals surface area contributed by atoms with Crippen molar-refractivity contribution in [2.45, 2.75) is 20.3 Å². The van der Waals surface area contributed by atoms with Crippen LogP contribution in [0.2, 0.25) is 0 Å². The third-order valence-corrected chi connectivity index (χ3v) is 2.46. The molecule has 2 rings (SSSR count). The summed E-state index contributed by atoms with van der Waals surface area (Å²) in [5.41, 5.74) is 1.37. The molecule has 0 spiro atoms. The fourth-order valence-corrected chi connectivity index (χ4v) is 1.77. The molecule has 84 valence electrons. The number of carbonyl (C=O) groups excluding carboxylic acids is 1. The Hall–Kier alpha value is -1.77. The predicted molar refractivity (Wildman–Crippen MR) is 62.1 cm³/mol. The first-order valence-electron chi connectivity index (χ1n) is 5.37. The molecule has 0 bridgehead atoms. The molecule has 16 heavy (non-hydrogen) atoms. The molecule has 1 aromatic rings. The maximum atomic E-state index is 11.8. The standard InChI is InChI=1S/C13H14O3/c1-3-15-13(14)12-9(2)16-11-8-6-4-5-7-10(11)12/h5-8H,3-4H2,1-2H3. The maximum Gasteiger partial charge on any atom is 0.342 e. The van der Waals surface area contributed by atoms with Gasteiger partial charge in [0.1, 0.15) is 17.1 Å². The first-order valence-corrected chi connectivity index (χ1v) is 5.37. The minimum Gasteiger partial charge on any atom is -0.462 e. The van der Waals surface area contributed by atoms with Crippen molar-refractivity contribution in [3.8, 4) is 0 Å². The number of furan rings is 1. The Bertz CT molecular complexity index is 464. The fraction of sp³-hybridized carbons (Fsp3) is 0.308. The van der Waals surface area contributed by atoms with Crippen molar-refractivity contribution < 1.29 is 13.9 Å². The molecule has 1 heterocycles. The Morgan fingerprint density at radius 2 is 2.19 bits per heavy atom. The van der Waals surface area contributed by atoms with Gasteiger partial charge in [0.2, 0.25) is 0 Å². The second-order valence-electron chi connectivity index (χ2n) is 3.57. The van der Waals surface area contributed by atoms with Gasteiger partial charge in [-0.05, 0) is 26.3 Å². The van der Waals surface area contributed by atoms with E-state index in [1.165, 1.54) is 0 Å². The molecule has 3 heteroatoms. The Labute approximate surface area is 94.4 Å². The van der Waals surface area contributed by atoms with Gasteiger partial charge in [0.15, 0.2) is 0 Å². The summed E-state index contributed by atoms with van der Waals surface area (Å²) >= 11 is 0. The van der Waals surface area contributed by atoms with Gasteiger partial charge in [0.25, 0.3) is 0 Å². The summed E-state index contributed by atoms with van der Waals surface area (Å²) in [7, 11) is 0. The van der Waals surface area contributed by atoms with Crippen LogP contribution in [0.15, 0.2) is 16.6 Å². The van der Waals surface area contributed by atoms with E-state index in [0.717, 1.165) is 17.7 Å². The average molecular weight is 218 g/mol. The summed E-state index contributed by atoms with van der Waals surface area (Å²) < 4.78 is 10.6. The molecule has 1 aromatic heterocycles. The molecular weight excluding hydrogens is 204 g/mol. The molecule has 0 atom stereocenters. The van der Waals surface area contributed by atoms with E-state index in [4.69, 9.17) is 9.15 Å². The molecule has 0 N–H and O–H groups in total. The van der Waals surface area contributed by atoms with Gasteiger partial charge in [-0.3, -0.25) is 0 Å². The third kappa shape index (κ3) is 1.81. The molecule has 0 aliphatic heterocycles. The van der Waals surface area contributed by atoms with Crippen LogP contribution in [0.25, 0.3) is 12.2 Å². The van der Waals surface area contributed by atoms with Gasteiger partial charge < -0.3 is 9.15 Å². The van der Waals surface area contributed by atoms with E-state index in [9.17, 15) is 4.79 Å². The van der Waals surface area contributed by atoms with E-state index in [1.54, 1.807) is 13.8 Å². The summed E-state index contributed by atoms with van der Waals surface area (Å²) in [5, 5.41) is 0. The van der Waals surface area contributed by atoms with Crippen molar-refractivity contribution in [2.24, 2.45) is 0 Å². The number of carbonyl (C=O) groups is 1. The zero-order valence-corrected chi connectivity index (χ0v) is 9.45. The lowest BCUT2D eigenvalue weighted by Gasteiger charge is -2.00. The van der Waals surface area contributed by atoms with Crippen LogP contribution in [0.5, 0.6) is 0 Å². The molecule has 0 fully saturated rings. The van der Waals surface area contributed by atoms with E-state index in [2.05, 4.69) is 0 Å². The van der Waals surface area contributed by atoms with E-state index < -0.39 is 0 Å². The van der Waals surface area contributed by atoms with Crippen molar-refractivity contribution in [2.75, 3.05) is 6.61 Å². The number of hydrogen-bond acceptors (Lipinski definition) is 3. The quantitative estimate of drug-likeness (QED) is 0.715. The molecule has 1 aliphatic carbocycles. The van der Waals surface area contributed by atoms with Gasteiger partial charge in [-0.1, -0.05) is 18.2 Å². The largest absolute Gasteiger partial charge is 0.462 e. The highest BCUT2D eigenvalue weighted by molar-refractivity contribution is 5.96. The SMILES string of the molecule is CCOC(=O)c1c(C)oc2c1C=CCC=C2. The zero-order chi connectivity index (χ0) is 11.5. The van der Waals surface area contributed by atoms with Gasteiger partial charge in [-0.2, -0.15) is 0 Å². The molecule has 0 saturated carbocycles. The van der Waals surface area contributed by atoms with Crippen LogP contribution in [0.3, 0.4) is 0 Å². The highest BCUT2D eigenvalue weighted by Gasteiger charge is 2.22. The van der Waals surface area contributed by atoms with Gasteiger partial charge in [0, 0.05) is 5.56 Å². The lowest BCUT2D eigenvalue weighted by molar-refractivity contribution is 0.0524. The van der Waals surface area contributed by atoms with Crippen molar-refractivity contribution in [3.63, 3.8) is 0 Å². The van der Waals surface area contributed by atoms with E-state index in [0.29, 0.717) is 17.9 Å². The molecule has 1 aliphatic rings. The van der Waals surface area contributed by atoms with Crippen molar-refractivity contribution in [1.82, 2.24) is 0 Å². The van der Waals surface area contributed by atoms with E-state index in [1.807, 2.05) is 24.3 Å². The highest BCUT2D eigenvalue weighted by Crippen LogP contribution is 2.27. The van der Waals surface area contributed by atoms with Gasteiger partial charge in [-0.15, -0.1) is 0 Å². The zero-order valence-electron chi connectivity index (χ0n) is 9.45. The number of esters is 1. The first-order chi connectivity index (χ1) is 7.74. The lowest BCUT2D eigenvalue weighted by Crippen LogP contribution is -2.06. The monoisotopic (exact) mass is 218 g/mol. The third-order valence-electron chi connectivity index (χ3n) is 2.46. The summed E-state index contributed by atoms with van der Waals surface area (Å²) in [6.45, 7) is 3.95. The van der Waals surface area contributed by atoms with Crippen LogP contribution in [0, 0.1) is 6.92 Å². The molecule has 0 amide bonds. The number of ether oxygens (including phenoxy) is 1. The summed E-state index contributed by atoms with van der Waals surface area (Å²) in [5.74, 6) is 1.03. The smallest absolute Gasteiger partial charge is 0.342 e. The van der Waals surface area contributed by atoms with Crippen LogP contribution >= 0.6 is 0 Å². The van der Waals surface area contributed by atoms with E-state index >= 15 is 0 Å². The molecule has 0 aromatic carbocycles. The Morgan fingerprint density at radius 3 is 2.94 bits per heavy atom. The normalized spacial score (nSPS) is 13.4. The van der Waals surface area contributed by atoms with Crippen LogP contribution in [-0.2, 0) is 4.74 Å². The lowest BCUT2D eigenvalue weighted by atomic mass is 10.1. The van der Waals surface area contributed by atoms with Gasteiger partial charge >= 0.3 is 5.97 Å². The average Bonchev–Trinajstić information content (AvgIpc) is 2.43. The summed E-state index contributed by atoms with van der Waals surface area (Å²) in [6.07, 6.45) is 8.66. The number of aryl methyl sites for hydroxylation is 1. The van der Waals surface area contributed by atoms with Crippen molar-refractivity contribution in [3.05, 3.63) is 34.8 Å². The molecule has 3 nitrogen and oxygen atoms in total. The second kappa shape index (κ2) is 4.39. The van der Waals surface area contributed by atoms with Crippen LogP contribution < -0.4 is 0 Å². The number of allylic oxidation sites excluding steroid dienone is 2. The molecule has 0 radical (unpaired) electrons. The summed E-state index contributed by atoms with van der Waals surface area (Å²) in [6, 6.07) is 0.